The standard InChI is InChI=1S/C10H12N2O4.C10H9NO3/c1-15-8-5-6(10(13)16-2)3-4-7(8)9(11)12-14;1-13-9-5-7(10(12)14-2)3-4-8(9)6-11/h3-5,14H,1-2H3,(H2,11,12);3-5H,1-2H3. The maximum absolute atomic E-state index is 11.2. The lowest BCUT2D eigenvalue weighted by molar-refractivity contribution is 0.0591. The van der Waals surface area contributed by atoms with Crippen molar-refractivity contribution in [1.82, 2.24) is 0 Å². The summed E-state index contributed by atoms with van der Waals surface area (Å²) in [7, 11) is 5.45. The predicted molar refractivity (Wildman–Crippen MR) is 106 cm³/mol. The number of nitrogens with zero attached hydrogens (tertiary/aromatic N) is 2. The minimum atomic E-state index is -0.482. The van der Waals surface area contributed by atoms with Crippen molar-refractivity contribution in [3.05, 3.63) is 58.7 Å². The summed E-state index contributed by atoms with van der Waals surface area (Å²) in [5.74, 6) is -0.320. The van der Waals surface area contributed by atoms with Crippen molar-refractivity contribution in [3.63, 3.8) is 0 Å². The Morgan fingerprint density at radius 3 is 1.87 bits per heavy atom. The average Bonchev–Trinajstić information content (AvgIpc) is 2.81. The number of carbonyl (C=O) groups is 2. The first-order valence-corrected chi connectivity index (χ1v) is 8.27. The molecule has 0 heterocycles. The molecule has 0 fully saturated rings. The molecule has 0 saturated carbocycles. The van der Waals surface area contributed by atoms with Crippen LogP contribution < -0.4 is 15.2 Å². The van der Waals surface area contributed by atoms with Crippen LogP contribution in [0.15, 0.2) is 41.6 Å². The number of hydrogen-bond donors (Lipinski definition) is 2. The molecule has 0 unspecified atom stereocenters. The summed E-state index contributed by atoms with van der Waals surface area (Å²) in [5, 5.41) is 20.1. The van der Waals surface area contributed by atoms with E-state index in [1.807, 2.05) is 6.07 Å². The van der Waals surface area contributed by atoms with Crippen LogP contribution in [0.5, 0.6) is 11.5 Å². The van der Waals surface area contributed by atoms with E-state index in [0.717, 1.165) is 0 Å². The molecule has 0 spiro atoms. The van der Waals surface area contributed by atoms with E-state index in [1.54, 1.807) is 0 Å². The number of nitrogens with two attached hydrogens (primary N) is 1. The highest BCUT2D eigenvalue weighted by Gasteiger charge is 2.13. The zero-order valence-electron chi connectivity index (χ0n) is 16.8. The topological polar surface area (TPSA) is 153 Å². The van der Waals surface area contributed by atoms with Gasteiger partial charge in [-0.3, -0.25) is 0 Å². The third kappa shape index (κ3) is 5.87. The number of ether oxygens (including phenoxy) is 4. The second-order valence-corrected chi connectivity index (χ2v) is 5.41. The van der Waals surface area contributed by atoms with Crippen LogP contribution in [0, 0.1) is 11.3 Å². The van der Waals surface area contributed by atoms with Gasteiger partial charge in [0.25, 0.3) is 0 Å². The van der Waals surface area contributed by atoms with Gasteiger partial charge in [0.2, 0.25) is 0 Å². The smallest absolute Gasteiger partial charge is 0.337 e. The molecule has 0 aromatic heterocycles. The number of amidine groups is 1. The van der Waals surface area contributed by atoms with Gasteiger partial charge in [0.15, 0.2) is 5.84 Å². The quantitative estimate of drug-likeness (QED) is 0.245. The van der Waals surface area contributed by atoms with Gasteiger partial charge in [0.05, 0.1) is 50.7 Å². The highest BCUT2D eigenvalue weighted by molar-refractivity contribution is 6.01. The second-order valence-electron chi connectivity index (χ2n) is 5.41. The fourth-order valence-electron chi connectivity index (χ4n) is 2.23. The molecule has 0 saturated heterocycles. The minimum Gasteiger partial charge on any atom is -0.496 e. The van der Waals surface area contributed by atoms with E-state index in [-0.39, 0.29) is 5.84 Å². The molecule has 30 heavy (non-hydrogen) atoms. The summed E-state index contributed by atoms with van der Waals surface area (Å²) >= 11 is 0. The third-order valence-corrected chi connectivity index (χ3v) is 3.75. The van der Waals surface area contributed by atoms with Crippen LogP contribution in [0.3, 0.4) is 0 Å². The number of nitriles is 1. The molecule has 2 aromatic rings. The van der Waals surface area contributed by atoms with Gasteiger partial charge in [-0.1, -0.05) is 5.16 Å². The van der Waals surface area contributed by atoms with Gasteiger partial charge in [-0.25, -0.2) is 9.59 Å². The number of carbonyl (C=O) groups excluding carboxylic acids is 2. The van der Waals surface area contributed by atoms with Gasteiger partial charge in [-0.05, 0) is 36.4 Å². The zero-order valence-corrected chi connectivity index (χ0v) is 16.8. The zero-order chi connectivity index (χ0) is 22.7. The van der Waals surface area contributed by atoms with E-state index in [9.17, 15) is 9.59 Å². The second kappa shape index (κ2) is 11.6. The summed E-state index contributed by atoms with van der Waals surface area (Å²) in [6.07, 6.45) is 0. The number of rotatable bonds is 5. The van der Waals surface area contributed by atoms with Crippen LogP contribution in [0.1, 0.15) is 31.8 Å². The summed E-state index contributed by atoms with van der Waals surface area (Å²) in [6, 6.07) is 10.9. The monoisotopic (exact) mass is 415 g/mol. The van der Waals surface area contributed by atoms with Gasteiger partial charge in [0.1, 0.15) is 17.6 Å². The lowest BCUT2D eigenvalue weighted by Gasteiger charge is -2.08. The molecule has 3 N–H and O–H groups in total. The Morgan fingerprint density at radius 2 is 1.43 bits per heavy atom. The third-order valence-electron chi connectivity index (χ3n) is 3.75. The van der Waals surface area contributed by atoms with Gasteiger partial charge >= 0.3 is 11.9 Å². The van der Waals surface area contributed by atoms with Gasteiger partial charge < -0.3 is 29.9 Å². The number of methoxy groups -OCH3 is 4. The van der Waals surface area contributed by atoms with Crippen molar-refractivity contribution < 1.29 is 33.7 Å². The molecule has 0 atom stereocenters. The van der Waals surface area contributed by atoms with E-state index in [0.29, 0.717) is 33.8 Å². The Kier molecular flexibility index (Phi) is 9.16. The highest BCUT2D eigenvalue weighted by Crippen LogP contribution is 2.21. The van der Waals surface area contributed by atoms with Crippen molar-refractivity contribution in [2.45, 2.75) is 0 Å². The molecule has 0 aliphatic carbocycles. The van der Waals surface area contributed by atoms with Crippen LogP contribution in [0.25, 0.3) is 0 Å². The van der Waals surface area contributed by atoms with Crippen LogP contribution >= 0.6 is 0 Å². The number of esters is 2. The van der Waals surface area contributed by atoms with Crippen molar-refractivity contribution in [3.8, 4) is 17.6 Å². The molecule has 10 heteroatoms. The van der Waals surface area contributed by atoms with E-state index in [4.69, 9.17) is 25.7 Å². The molecular weight excluding hydrogens is 394 g/mol. The molecule has 0 radical (unpaired) electrons. The summed E-state index contributed by atoms with van der Waals surface area (Å²) in [4.78, 5) is 22.4. The van der Waals surface area contributed by atoms with Gasteiger partial charge in [-0.15, -0.1) is 0 Å². The average molecular weight is 415 g/mol. The minimum absolute atomic E-state index is 0.0896. The molecule has 2 rings (SSSR count). The van der Waals surface area contributed by atoms with Crippen LogP contribution in [0.4, 0.5) is 0 Å². The van der Waals surface area contributed by atoms with E-state index in [2.05, 4.69) is 14.6 Å². The van der Waals surface area contributed by atoms with Crippen LogP contribution in [0.2, 0.25) is 0 Å². The molecule has 0 bridgehead atoms. The van der Waals surface area contributed by atoms with Crippen molar-refractivity contribution in [1.29, 1.82) is 5.26 Å². The summed E-state index contributed by atoms with van der Waals surface area (Å²) in [5.41, 5.74) is 6.91. The maximum Gasteiger partial charge on any atom is 0.337 e. The first kappa shape index (κ1) is 23.8. The van der Waals surface area contributed by atoms with Gasteiger partial charge in [-0.2, -0.15) is 5.26 Å². The summed E-state index contributed by atoms with van der Waals surface area (Å²) in [6.45, 7) is 0. The Labute approximate surface area is 173 Å². The first-order valence-electron chi connectivity index (χ1n) is 8.27. The molecule has 2 aromatic carbocycles. The first-order chi connectivity index (χ1) is 14.4. The van der Waals surface area contributed by atoms with Crippen molar-refractivity contribution in [2.75, 3.05) is 28.4 Å². The lowest BCUT2D eigenvalue weighted by atomic mass is 10.1. The molecule has 10 nitrogen and oxygen atoms in total. The molecule has 0 aliphatic rings. The number of hydrogen-bond acceptors (Lipinski definition) is 9. The van der Waals surface area contributed by atoms with Crippen molar-refractivity contribution >= 4 is 17.8 Å². The van der Waals surface area contributed by atoms with Crippen LogP contribution in [-0.2, 0) is 9.47 Å². The van der Waals surface area contributed by atoms with E-state index in [1.165, 1.54) is 64.8 Å². The molecule has 158 valence electrons. The SMILES string of the molecule is COC(=O)c1ccc(C#N)c(OC)c1.COC(=O)c1ccc(C(N)=NO)c(OC)c1. The predicted octanol–water partition coefficient (Wildman–Crippen LogP) is 1.93. The molecule has 0 amide bonds. The van der Waals surface area contributed by atoms with Gasteiger partial charge in [0, 0.05) is 0 Å². The number of oxime groups is 1. The Hall–Kier alpha value is -4.26. The Bertz CT molecular complexity index is 981. The fraction of sp³-hybridized carbons (Fsp3) is 0.200. The lowest BCUT2D eigenvalue weighted by Crippen LogP contribution is -2.15. The largest absolute Gasteiger partial charge is 0.496 e. The van der Waals surface area contributed by atoms with Crippen molar-refractivity contribution in [2.24, 2.45) is 10.9 Å². The Balaban J connectivity index is 0.000000303. The highest BCUT2D eigenvalue weighted by atomic mass is 16.5. The molecule has 0 aliphatic heterocycles. The fourth-order valence-corrected chi connectivity index (χ4v) is 2.23. The van der Waals surface area contributed by atoms with E-state index >= 15 is 0 Å². The maximum atomic E-state index is 11.2. The van der Waals surface area contributed by atoms with Crippen LogP contribution in [-0.4, -0.2) is 51.4 Å². The number of benzene rings is 2. The molecular formula is C20H21N3O7. The summed E-state index contributed by atoms with van der Waals surface area (Å²) < 4.78 is 19.1. The normalized spacial score (nSPS) is 10.0. The van der Waals surface area contributed by atoms with E-state index < -0.39 is 11.9 Å². The Morgan fingerprint density at radius 1 is 0.933 bits per heavy atom.